The number of aromatic nitrogens is 1. The summed E-state index contributed by atoms with van der Waals surface area (Å²) in [7, 11) is 0. The van der Waals surface area contributed by atoms with Gasteiger partial charge in [-0.25, -0.2) is 9.37 Å². The van der Waals surface area contributed by atoms with Gasteiger partial charge in [-0.2, -0.15) is 0 Å². The smallest absolute Gasteiger partial charge is 0.301 e. The van der Waals surface area contributed by atoms with E-state index in [4.69, 9.17) is 11.6 Å². The van der Waals surface area contributed by atoms with Crippen molar-refractivity contribution in [3.05, 3.63) is 99.8 Å². The molecule has 0 bridgehead atoms. The number of ketones is 1. The number of carbonyl (C=O) groups is 2. The molecule has 3 aromatic carbocycles. The lowest BCUT2D eigenvalue weighted by molar-refractivity contribution is -0.132. The lowest BCUT2D eigenvalue weighted by atomic mass is 9.95. The molecule has 1 N–H and O–H groups in total. The number of hydrogen-bond acceptors (Lipinski definition) is 5. The number of Topliss-reactive ketones (excluding diaryl/α,β-unsaturated/α-hetero) is 1. The Kier molecular flexibility index (Phi) is 5.23. The Morgan fingerprint density at radius 2 is 1.85 bits per heavy atom. The maximum atomic E-state index is 13.7. The van der Waals surface area contributed by atoms with Crippen molar-refractivity contribution in [3.8, 4) is 0 Å². The molecule has 0 saturated carbocycles. The van der Waals surface area contributed by atoms with E-state index in [1.54, 1.807) is 36.4 Å². The Hall–Kier alpha value is -3.55. The number of halogens is 2. The molecular weight excluding hydrogens is 463 g/mol. The van der Waals surface area contributed by atoms with Gasteiger partial charge < -0.3 is 5.11 Å². The average molecular weight is 479 g/mol. The fraction of sp³-hybridized carbons (Fsp3) is 0.0800. The van der Waals surface area contributed by atoms with Crippen LogP contribution < -0.4 is 4.90 Å². The number of fused-ring (bicyclic) bond motifs is 1. The summed E-state index contributed by atoms with van der Waals surface area (Å²) in [5.74, 6) is -2.37. The van der Waals surface area contributed by atoms with Crippen molar-refractivity contribution in [3.63, 3.8) is 0 Å². The highest BCUT2D eigenvalue weighted by Crippen LogP contribution is 2.44. The molecule has 0 aliphatic carbocycles. The van der Waals surface area contributed by atoms with Crippen LogP contribution in [0, 0.1) is 12.7 Å². The van der Waals surface area contributed by atoms with Gasteiger partial charge in [0, 0.05) is 10.6 Å². The first kappa shape index (κ1) is 21.3. The van der Waals surface area contributed by atoms with Gasteiger partial charge in [-0.3, -0.25) is 14.5 Å². The van der Waals surface area contributed by atoms with Crippen LogP contribution in [0.1, 0.15) is 22.7 Å². The first-order valence-corrected chi connectivity index (χ1v) is 11.2. The number of aliphatic hydroxyl groups is 1. The Balaban J connectivity index is 1.74. The Morgan fingerprint density at radius 3 is 2.58 bits per heavy atom. The lowest BCUT2D eigenvalue weighted by Gasteiger charge is -2.23. The van der Waals surface area contributed by atoms with E-state index in [0.717, 1.165) is 16.9 Å². The third kappa shape index (κ3) is 3.69. The quantitative estimate of drug-likeness (QED) is 0.222. The molecule has 1 amide bonds. The van der Waals surface area contributed by atoms with Gasteiger partial charge in [-0.1, -0.05) is 64.9 Å². The number of aliphatic hydroxyl groups excluding tert-OH is 1. The molecule has 0 spiro atoms. The number of hydrogen-bond donors (Lipinski definition) is 1. The highest BCUT2D eigenvalue weighted by atomic mass is 35.5. The second-order valence-corrected chi connectivity index (χ2v) is 9.14. The number of nitrogens with zero attached hydrogens (tertiary/aromatic N) is 2. The highest BCUT2D eigenvalue weighted by Gasteiger charge is 2.48. The number of anilines is 1. The molecule has 164 valence electrons. The van der Waals surface area contributed by atoms with Gasteiger partial charge in [-0.15, -0.1) is 0 Å². The third-order valence-corrected chi connectivity index (χ3v) is 6.73. The Labute approximate surface area is 197 Å². The van der Waals surface area contributed by atoms with Crippen LogP contribution in [0.5, 0.6) is 0 Å². The van der Waals surface area contributed by atoms with Crippen LogP contribution >= 0.6 is 22.9 Å². The van der Waals surface area contributed by atoms with Crippen molar-refractivity contribution >= 4 is 55.7 Å². The zero-order valence-corrected chi connectivity index (χ0v) is 18.8. The van der Waals surface area contributed by atoms with Gasteiger partial charge in [0.2, 0.25) is 0 Å². The van der Waals surface area contributed by atoms with Crippen LogP contribution in [0.4, 0.5) is 9.52 Å². The van der Waals surface area contributed by atoms with Crippen LogP contribution in [0.25, 0.3) is 16.0 Å². The molecule has 33 heavy (non-hydrogen) atoms. The summed E-state index contributed by atoms with van der Waals surface area (Å²) in [6.45, 7) is 1.91. The van der Waals surface area contributed by atoms with Gasteiger partial charge in [0.1, 0.15) is 11.6 Å². The maximum absolute atomic E-state index is 13.7. The predicted octanol–water partition coefficient (Wildman–Crippen LogP) is 6.02. The van der Waals surface area contributed by atoms with E-state index in [1.807, 2.05) is 19.1 Å². The maximum Gasteiger partial charge on any atom is 0.301 e. The molecule has 1 aliphatic heterocycles. The van der Waals surface area contributed by atoms with E-state index in [-0.39, 0.29) is 16.5 Å². The van der Waals surface area contributed by atoms with Crippen molar-refractivity contribution in [1.82, 2.24) is 4.98 Å². The predicted molar refractivity (Wildman–Crippen MR) is 127 cm³/mol. The monoisotopic (exact) mass is 478 g/mol. The molecular formula is C25H16ClFN2O3S. The molecule has 1 fully saturated rings. The number of benzene rings is 3. The lowest BCUT2D eigenvalue weighted by Crippen LogP contribution is -2.29. The van der Waals surface area contributed by atoms with Crippen molar-refractivity contribution < 1.29 is 19.1 Å². The Morgan fingerprint density at radius 1 is 1.09 bits per heavy atom. The van der Waals surface area contributed by atoms with Crippen LogP contribution in [0.2, 0.25) is 5.02 Å². The topological polar surface area (TPSA) is 70.5 Å². The molecule has 1 atom stereocenters. The van der Waals surface area contributed by atoms with E-state index in [0.29, 0.717) is 26.4 Å². The summed E-state index contributed by atoms with van der Waals surface area (Å²) in [6.07, 6.45) is 0. The van der Waals surface area contributed by atoms with Crippen molar-refractivity contribution in [2.75, 3.05) is 4.90 Å². The van der Waals surface area contributed by atoms with E-state index in [1.165, 1.54) is 23.1 Å². The first-order chi connectivity index (χ1) is 15.8. The number of thiazole rings is 1. The number of carbonyl (C=O) groups excluding carboxylic acids is 2. The van der Waals surface area contributed by atoms with Gasteiger partial charge in [0.25, 0.3) is 5.78 Å². The van der Waals surface area contributed by atoms with Gasteiger partial charge in [0.15, 0.2) is 5.13 Å². The summed E-state index contributed by atoms with van der Waals surface area (Å²) >= 11 is 7.30. The van der Waals surface area contributed by atoms with Gasteiger partial charge in [-0.05, 0) is 42.8 Å². The van der Waals surface area contributed by atoms with Crippen LogP contribution in [0.3, 0.4) is 0 Å². The van der Waals surface area contributed by atoms with E-state index >= 15 is 0 Å². The fourth-order valence-corrected chi connectivity index (χ4v) is 5.09. The second kappa shape index (κ2) is 8.10. The van der Waals surface area contributed by atoms with Crippen molar-refractivity contribution in [2.45, 2.75) is 13.0 Å². The zero-order chi connectivity index (χ0) is 23.3. The van der Waals surface area contributed by atoms with Crippen LogP contribution in [0.15, 0.2) is 72.3 Å². The standard InChI is InChI=1S/C25H16ClFN2O3S/c1-13-5-7-14(8-6-13)22(30)20-21(15-3-2-4-16(26)11-15)29(24(32)23(20)31)25-28-18-10-9-17(27)12-19(18)33-25/h2-12,21,30H,1H3/b22-20+. The number of rotatable bonds is 3. The summed E-state index contributed by atoms with van der Waals surface area (Å²) in [5.41, 5.74) is 2.39. The second-order valence-electron chi connectivity index (χ2n) is 7.70. The molecule has 5 rings (SSSR count). The summed E-state index contributed by atoms with van der Waals surface area (Å²) in [5, 5.41) is 11.8. The molecule has 1 aliphatic rings. The molecule has 2 heterocycles. The van der Waals surface area contributed by atoms with Crippen LogP contribution in [-0.4, -0.2) is 21.8 Å². The van der Waals surface area contributed by atoms with Gasteiger partial charge >= 0.3 is 5.91 Å². The summed E-state index contributed by atoms with van der Waals surface area (Å²) < 4.78 is 14.3. The molecule has 1 aromatic heterocycles. The number of amides is 1. The molecule has 5 nitrogen and oxygen atoms in total. The molecule has 4 aromatic rings. The molecule has 1 saturated heterocycles. The van der Waals surface area contributed by atoms with Crippen molar-refractivity contribution in [2.24, 2.45) is 0 Å². The average Bonchev–Trinajstić information content (AvgIpc) is 3.32. The Bertz CT molecular complexity index is 1460. The van der Waals surface area contributed by atoms with E-state index in [2.05, 4.69) is 4.98 Å². The molecule has 0 radical (unpaired) electrons. The van der Waals surface area contributed by atoms with Crippen molar-refractivity contribution in [1.29, 1.82) is 0 Å². The normalized spacial score (nSPS) is 17.8. The van der Waals surface area contributed by atoms with Crippen LogP contribution in [-0.2, 0) is 9.59 Å². The van der Waals surface area contributed by atoms with E-state index in [9.17, 15) is 19.1 Å². The minimum absolute atomic E-state index is 0.0587. The molecule has 1 unspecified atom stereocenters. The van der Waals surface area contributed by atoms with E-state index < -0.39 is 23.5 Å². The minimum Gasteiger partial charge on any atom is -0.507 e. The minimum atomic E-state index is -0.949. The number of aryl methyl sites for hydroxylation is 1. The summed E-state index contributed by atoms with van der Waals surface area (Å²) in [6, 6.07) is 16.9. The zero-order valence-electron chi connectivity index (χ0n) is 17.3. The molecule has 8 heteroatoms. The third-order valence-electron chi connectivity index (χ3n) is 5.48. The fourth-order valence-electron chi connectivity index (χ4n) is 3.88. The highest BCUT2D eigenvalue weighted by molar-refractivity contribution is 7.22. The first-order valence-electron chi connectivity index (χ1n) is 10.0. The summed E-state index contributed by atoms with van der Waals surface area (Å²) in [4.78, 5) is 32.1. The SMILES string of the molecule is Cc1ccc(/C(O)=C2\C(=O)C(=O)N(c3nc4ccc(F)cc4s3)C2c2cccc(Cl)c2)cc1. The van der Waals surface area contributed by atoms with Gasteiger partial charge in [0.05, 0.1) is 21.8 Å². The largest absolute Gasteiger partial charge is 0.507 e.